The molecule has 15 heavy (non-hydrogen) atoms. The first-order valence-corrected chi connectivity index (χ1v) is 5.67. The van der Waals surface area contributed by atoms with Gasteiger partial charge in [-0.1, -0.05) is 12.8 Å². The average Bonchev–Trinajstić information content (AvgIpc) is 2.69. The van der Waals surface area contributed by atoms with Gasteiger partial charge in [-0.3, -0.25) is 0 Å². The molecule has 0 atom stereocenters. The van der Waals surface area contributed by atoms with Crippen molar-refractivity contribution in [1.29, 1.82) is 0 Å². The van der Waals surface area contributed by atoms with Gasteiger partial charge in [-0.15, -0.1) is 0 Å². The van der Waals surface area contributed by atoms with Crippen molar-refractivity contribution in [1.82, 2.24) is 9.97 Å². The minimum atomic E-state index is 0.0443. The summed E-state index contributed by atoms with van der Waals surface area (Å²) in [5.74, 6) is 1.54. The van der Waals surface area contributed by atoms with Crippen molar-refractivity contribution in [2.45, 2.75) is 52.1 Å². The highest BCUT2D eigenvalue weighted by atomic mass is 16.3. The van der Waals surface area contributed by atoms with Crippen LogP contribution in [0.3, 0.4) is 0 Å². The Morgan fingerprint density at radius 3 is 2.13 bits per heavy atom. The summed E-state index contributed by atoms with van der Waals surface area (Å²) in [6, 6.07) is 0. The Balaban J connectivity index is 2.33. The minimum absolute atomic E-state index is 0.0443. The van der Waals surface area contributed by atoms with Gasteiger partial charge in [-0.05, 0) is 26.7 Å². The van der Waals surface area contributed by atoms with E-state index in [-0.39, 0.29) is 6.61 Å². The van der Waals surface area contributed by atoms with E-state index in [1.165, 1.54) is 25.7 Å². The molecule has 0 spiro atoms. The first-order valence-electron chi connectivity index (χ1n) is 5.67. The number of aromatic nitrogens is 2. The molecule has 82 valence electrons. The quantitative estimate of drug-likeness (QED) is 0.807. The Kier molecular flexibility index (Phi) is 3.00. The van der Waals surface area contributed by atoms with Crippen LogP contribution in [0.15, 0.2) is 0 Å². The molecule has 1 saturated carbocycles. The molecular weight excluding hydrogens is 188 g/mol. The lowest BCUT2D eigenvalue weighted by molar-refractivity contribution is 0.278. The van der Waals surface area contributed by atoms with Crippen LogP contribution in [-0.2, 0) is 6.61 Å². The molecule has 1 heterocycles. The predicted molar refractivity (Wildman–Crippen MR) is 58.6 cm³/mol. The van der Waals surface area contributed by atoms with Crippen molar-refractivity contribution in [3.63, 3.8) is 0 Å². The van der Waals surface area contributed by atoms with E-state index in [4.69, 9.17) is 0 Å². The van der Waals surface area contributed by atoms with Crippen molar-refractivity contribution < 1.29 is 5.11 Å². The molecule has 1 aromatic rings. The molecule has 1 fully saturated rings. The lowest BCUT2D eigenvalue weighted by Crippen LogP contribution is -2.08. The van der Waals surface area contributed by atoms with Crippen molar-refractivity contribution in [2.75, 3.05) is 0 Å². The number of hydrogen-bond acceptors (Lipinski definition) is 3. The van der Waals surface area contributed by atoms with E-state index >= 15 is 0 Å². The van der Waals surface area contributed by atoms with Gasteiger partial charge in [0.25, 0.3) is 0 Å². The van der Waals surface area contributed by atoms with E-state index in [1.54, 1.807) is 0 Å². The SMILES string of the molecule is Cc1nc(C2CCCC2)nc(C)c1CO. The van der Waals surface area contributed by atoms with Gasteiger partial charge in [-0.2, -0.15) is 0 Å². The second-order valence-electron chi connectivity index (χ2n) is 4.37. The van der Waals surface area contributed by atoms with E-state index in [0.717, 1.165) is 22.8 Å². The fourth-order valence-electron chi connectivity index (χ4n) is 2.36. The summed E-state index contributed by atoms with van der Waals surface area (Å²) in [7, 11) is 0. The molecule has 3 heteroatoms. The summed E-state index contributed by atoms with van der Waals surface area (Å²) in [5.41, 5.74) is 2.76. The second-order valence-corrected chi connectivity index (χ2v) is 4.37. The van der Waals surface area contributed by atoms with E-state index in [1.807, 2.05) is 13.8 Å². The van der Waals surface area contributed by atoms with E-state index in [2.05, 4.69) is 9.97 Å². The maximum absolute atomic E-state index is 9.18. The molecule has 1 N–H and O–H groups in total. The number of aliphatic hydroxyl groups is 1. The third-order valence-electron chi connectivity index (χ3n) is 3.32. The lowest BCUT2D eigenvalue weighted by Gasteiger charge is -2.12. The summed E-state index contributed by atoms with van der Waals surface area (Å²) in [6.45, 7) is 3.96. The van der Waals surface area contributed by atoms with Gasteiger partial charge in [0.2, 0.25) is 0 Å². The maximum Gasteiger partial charge on any atom is 0.131 e. The van der Waals surface area contributed by atoms with Crippen molar-refractivity contribution >= 4 is 0 Å². The van der Waals surface area contributed by atoms with Crippen LogP contribution >= 0.6 is 0 Å². The van der Waals surface area contributed by atoms with Gasteiger partial charge < -0.3 is 5.11 Å². The largest absolute Gasteiger partial charge is 0.392 e. The first kappa shape index (κ1) is 10.6. The fraction of sp³-hybridized carbons (Fsp3) is 0.667. The van der Waals surface area contributed by atoms with Gasteiger partial charge in [-0.25, -0.2) is 9.97 Å². The van der Waals surface area contributed by atoms with Crippen LogP contribution < -0.4 is 0 Å². The summed E-state index contributed by atoms with van der Waals surface area (Å²) >= 11 is 0. The Bertz CT molecular complexity index is 334. The average molecular weight is 206 g/mol. The minimum Gasteiger partial charge on any atom is -0.392 e. The van der Waals surface area contributed by atoms with Crippen molar-refractivity contribution in [3.05, 3.63) is 22.8 Å². The summed E-state index contributed by atoms with van der Waals surface area (Å²) in [4.78, 5) is 9.03. The van der Waals surface area contributed by atoms with Crippen LogP contribution in [0.2, 0.25) is 0 Å². The fourth-order valence-corrected chi connectivity index (χ4v) is 2.36. The highest BCUT2D eigenvalue weighted by molar-refractivity contribution is 5.24. The van der Waals surface area contributed by atoms with Gasteiger partial charge in [0.05, 0.1) is 6.61 Å². The molecule has 1 aliphatic rings. The number of hydrogen-bond donors (Lipinski definition) is 1. The molecular formula is C12H18N2O. The van der Waals surface area contributed by atoms with Crippen LogP contribution in [-0.4, -0.2) is 15.1 Å². The smallest absolute Gasteiger partial charge is 0.131 e. The third-order valence-corrected chi connectivity index (χ3v) is 3.32. The molecule has 0 aromatic carbocycles. The number of nitrogens with zero attached hydrogens (tertiary/aromatic N) is 2. The zero-order valence-electron chi connectivity index (χ0n) is 9.45. The predicted octanol–water partition coefficient (Wildman–Crippen LogP) is 2.24. The van der Waals surface area contributed by atoms with Crippen LogP contribution in [0.25, 0.3) is 0 Å². The van der Waals surface area contributed by atoms with Crippen LogP contribution in [0, 0.1) is 13.8 Å². The highest BCUT2D eigenvalue weighted by Crippen LogP contribution is 2.32. The Morgan fingerprint density at radius 2 is 1.67 bits per heavy atom. The number of aliphatic hydroxyl groups excluding tert-OH is 1. The Labute approximate surface area is 90.6 Å². The van der Waals surface area contributed by atoms with Gasteiger partial charge in [0.15, 0.2) is 0 Å². The number of aryl methyl sites for hydroxylation is 2. The van der Waals surface area contributed by atoms with E-state index in [9.17, 15) is 5.11 Å². The third kappa shape index (κ3) is 2.02. The van der Waals surface area contributed by atoms with Gasteiger partial charge in [0, 0.05) is 22.9 Å². The van der Waals surface area contributed by atoms with Crippen LogP contribution in [0.5, 0.6) is 0 Å². The molecule has 2 rings (SSSR count). The lowest BCUT2D eigenvalue weighted by atomic mass is 10.1. The van der Waals surface area contributed by atoms with Gasteiger partial charge >= 0.3 is 0 Å². The first-order chi connectivity index (χ1) is 7.22. The standard InChI is InChI=1S/C12H18N2O/c1-8-11(7-15)9(2)14-12(13-8)10-5-3-4-6-10/h10,15H,3-7H2,1-2H3. The van der Waals surface area contributed by atoms with Crippen LogP contribution in [0.1, 0.15) is 54.4 Å². The van der Waals surface area contributed by atoms with E-state index < -0.39 is 0 Å². The molecule has 0 saturated heterocycles. The second kappa shape index (κ2) is 4.27. The summed E-state index contributed by atoms with van der Waals surface area (Å²) in [6.07, 6.45) is 5.04. The zero-order valence-corrected chi connectivity index (χ0v) is 9.45. The molecule has 0 aliphatic heterocycles. The maximum atomic E-state index is 9.18. The van der Waals surface area contributed by atoms with Gasteiger partial charge in [0.1, 0.15) is 5.82 Å². The molecule has 0 amide bonds. The summed E-state index contributed by atoms with van der Waals surface area (Å²) in [5, 5.41) is 9.18. The Morgan fingerprint density at radius 1 is 1.13 bits per heavy atom. The molecule has 0 unspecified atom stereocenters. The van der Waals surface area contributed by atoms with Crippen molar-refractivity contribution in [3.8, 4) is 0 Å². The number of rotatable bonds is 2. The highest BCUT2D eigenvalue weighted by Gasteiger charge is 2.21. The monoisotopic (exact) mass is 206 g/mol. The zero-order chi connectivity index (χ0) is 10.8. The molecule has 0 bridgehead atoms. The molecule has 1 aliphatic carbocycles. The Hall–Kier alpha value is -0.960. The molecule has 3 nitrogen and oxygen atoms in total. The topological polar surface area (TPSA) is 46.0 Å². The summed E-state index contributed by atoms with van der Waals surface area (Å²) < 4.78 is 0. The van der Waals surface area contributed by atoms with Crippen LogP contribution in [0.4, 0.5) is 0 Å². The van der Waals surface area contributed by atoms with Crippen molar-refractivity contribution in [2.24, 2.45) is 0 Å². The van der Waals surface area contributed by atoms with E-state index in [0.29, 0.717) is 5.92 Å². The molecule has 0 radical (unpaired) electrons. The molecule has 1 aromatic heterocycles. The normalized spacial score (nSPS) is 17.3.